The van der Waals surface area contributed by atoms with Crippen LogP contribution in [0.1, 0.15) is 34.8 Å². The summed E-state index contributed by atoms with van der Waals surface area (Å²) in [6.07, 6.45) is 1.33. The maximum Gasteiger partial charge on any atom is 0.195 e. The number of carbonyl (C=O) groups excluding carboxylic acids is 1. The minimum atomic E-state index is -0.282. The fraction of sp³-hybridized carbons (Fsp3) is 0.250. The van der Waals surface area contributed by atoms with Gasteiger partial charge in [0.15, 0.2) is 5.78 Å². The van der Waals surface area contributed by atoms with Gasteiger partial charge in [0.1, 0.15) is 23.4 Å². The zero-order valence-corrected chi connectivity index (χ0v) is 21.2. The van der Waals surface area contributed by atoms with Crippen molar-refractivity contribution in [1.29, 1.82) is 0 Å². The van der Waals surface area contributed by atoms with E-state index < -0.39 is 0 Å². The Labute approximate surface area is 214 Å². The van der Waals surface area contributed by atoms with Crippen molar-refractivity contribution in [2.45, 2.75) is 26.4 Å². The van der Waals surface area contributed by atoms with Gasteiger partial charge in [-0.3, -0.25) is 9.69 Å². The lowest BCUT2D eigenvalue weighted by molar-refractivity contribution is 0.0202. The van der Waals surface area contributed by atoms with Crippen molar-refractivity contribution in [3.05, 3.63) is 83.2 Å². The number of aryl methyl sites for hydroxylation is 1. The van der Waals surface area contributed by atoms with Crippen molar-refractivity contribution in [1.82, 2.24) is 4.90 Å². The Morgan fingerprint density at radius 2 is 1.86 bits per heavy atom. The van der Waals surface area contributed by atoms with Crippen LogP contribution in [0.15, 0.2) is 60.7 Å². The highest BCUT2D eigenvalue weighted by molar-refractivity contribution is 7.22. The number of ketones is 1. The number of rotatable bonds is 7. The van der Waals surface area contributed by atoms with Gasteiger partial charge in [0, 0.05) is 39.2 Å². The van der Waals surface area contributed by atoms with Crippen LogP contribution >= 0.6 is 23.7 Å². The predicted molar refractivity (Wildman–Crippen MR) is 142 cm³/mol. The number of thiophene rings is 1. The Kier molecular flexibility index (Phi) is 7.45. The number of nitrogens with zero attached hydrogens (tertiary/aromatic N) is 1. The van der Waals surface area contributed by atoms with Gasteiger partial charge >= 0.3 is 0 Å². The minimum absolute atomic E-state index is 0. The Balaban J connectivity index is 0.00000289. The zero-order valence-electron chi connectivity index (χ0n) is 19.6. The van der Waals surface area contributed by atoms with Gasteiger partial charge in [0.2, 0.25) is 0 Å². The molecule has 1 aliphatic heterocycles. The molecule has 3 aromatic carbocycles. The molecule has 0 bridgehead atoms. The minimum Gasteiger partial charge on any atom is -0.508 e. The molecule has 0 saturated carbocycles. The van der Waals surface area contributed by atoms with Gasteiger partial charge in [-0.05, 0) is 85.6 Å². The summed E-state index contributed by atoms with van der Waals surface area (Å²) in [5.41, 5.74) is 2.42. The molecule has 0 atom stereocenters. The SMILES string of the molecule is CCCN1CC(Oc2ccc(C(=O)c3c(-c4ccc(F)c(C)c4)sc4cc(O)ccc34)cc2)C1.Cl. The topological polar surface area (TPSA) is 49.8 Å². The highest BCUT2D eigenvalue weighted by Crippen LogP contribution is 2.41. The van der Waals surface area contributed by atoms with Crippen LogP contribution in [0.3, 0.4) is 0 Å². The van der Waals surface area contributed by atoms with E-state index in [1.165, 1.54) is 17.4 Å². The first-order chi connectivity index (χ1) is 16.4. The number of phenolic OH excluding ortho intramolecular Hbond substituents is 1. The highest BCUT2D eigenvalue weighted by atomic mass is 35.5. The Hall–Kier alpha value is -2.93. The van der Waals surface area contributed by atoms with Crippen molar-refractivity contribution in [3.8, 4) is 21.9 Å². The van der Waals surface area contributed by atoms with Crippen molar-refractivity contribution >= 4 is 39.6 Å². The fourth-order valence-corrected chi connectivity index (χ4v) is 5.65. The Morgan fingerprint density at radius 1 is 1.11 bits per heavy atom. The molecule has 2 heterocycles. The van der Waals surface area contributed by atoms with Crippen LogP contribution < -0.4 is 4.74 Å². The number of benzene rings is 3. The predicted octanol–water partition coefficient (Wildman–Crippen LogP) is 6.85. The first kappa shape index (κ1) is 25.2. The van der Waals surface area contributed by atoms with E-state index in [2.05, 4.69) is 11.8 Å². The number of fused-ring (bicyclic) bond motifs is 1. The number of phenols is 1. The molecule has 0 unspecified atom stereocenters. The maximum atomic E-state index is 13.9. The van der Waals surface area contributed by atoms with Crippen molar-refractivity contribution in [3.63, 3.8) is 0 Å². The molecule has 0 amide bonds. The number of likely N-dealkylation sites (tertiary alicyclic amines) is 1. The van der Waals surface area contributed by atoms with Gasteiger partial charge in [0.05, 0.1) is 0 Å². The lowest BCUT2D eigenvalue weighted by atomic mass is 9.97. The van der Waals surface area contributed by atoms with E-state index in [9.17, 15) is 14.3 Å². The lowest BCUT2D eigenvalue weighted by Gasteiger charge is -2.38. The van der Waals surface area contributed by atoms with Crippen LogP contribution in [0.2, 0.25) is 0 Å². The quantitative estimate of drug-likeness (QED) is 0.276. The molecule has 1 aliphatic rings. The average molecular weight is 512 g/mol. The van der Waals surface area contributed by atoms with Crippen LogP contribution in [0.4, 0.5) is 4.39 Å². The number of aromatic hydroxyl groups is 1. The molecule has 7 heteroatoms. The first-order valence-electron chi connectivity index (χ1n) is 11.5. The molecule has 0 radical (unpaired) electrons. The summed E-state index contributed by atoms with van der Waals surface area (Å²) in [5.74, 6) is 0.505. The summed E-state index contributed by atoms with van der Waals surface area (Å²) in [6.45, 7) is 6.84. The monoisotopic (exact) mass is 511 g/mol. The van der Waals surface area contributed by atoms with E-state index in [0.717, 1.165) is 52.3 Å². The highest BCUT2D eigenvalue weighted by Gasteiger charge is 2.27. The first-order valence-corrected chi connectivity index (χ1v) is 12.3. The fourth-order valence-electron chi connectivity index (χ4n) is 4.42. The molecule has 182 valence electrons. The van der Waals surface area contributed by atoms with Gasteiger partial charge in [-0.1, -0.05) is 13.0 Å². The summed E-state index contributed by atoms with van der Waals surface area (Å²) in [6, 6.07) is 17.2. The molecule has 1 aromatic heterocycles. The smallest absolute Gasteiger partial charge is 0.195 e. The summed E-state index contributed by atoms with van der Waals surface area (Å²) in [7, 11) is 0. The van der Waals surface area contributed by atoms with E-state index in [4.69, 9.17) is 4.74 Å². The lowest BCUT2D eigenvalue weighted by Crippen LogP contribution is -2.53. The van der Waals surface area contributed by atoms with Gasteiger partial charge in [-0.25, -0.2) is 4.39 Å². The van der Waals surface area contributed by atoms with E-state index in [0.29, 0.717) is 16.7 Å². The van der Waals surface area contributed by atoms with Crippen molar-refractivity contribution in [2.24, 2.45) is 0 Å². The van der Waals surface area contributed by atoms with E-state index in [1.807, 2.05) is 12.1 Å². The largest absolute Gasteiger partial charge is 0.508 e. The van der Waals surface area contributed by atoms with E-state index in [-0.39, 0.29) is 35.9 Å². The normalized spacial score (nSPS) is 13.9. The molecule has 1 fully saturated rings. The second kappa shape index (κ2) is 10.4. The molecule has 4 nitrogen and oxygen atoms in total. The zero-order chi connectivity index (χ0) is 23.8. The average Bonchev–Trinajstić information content (AvgIpc) is 3.18. The third kappa shape index (κ3) is 5.06. The Morgan fingerprint density at radius 3 is 2.54 bits per heavy atom. The van der Waals surface area contributed by atoms with Crippen molar-refractivity contribution in [2.75, 3.05) is 19.6 Å². The van der Waals surface area contributed by atoms with Crippen molar-refractivity contribution < 1.29 is 19.0 Å². The van der Waals surface area contributed by atoms with E-state index in [1.54, 1.807) is 49.4 Å². The number of hydrogen-bond acceptors (Lipinski definition) is 5. The number of ether oxygens (including phenoxy) is 1. The van der Waals surface area contributed by atoms with Gasteiger partial charge in [-0.2, -0.15) is 0 Å². The third-order valence-electron chi connectivity index (χ3n) is 6.20. The molecule has 4 aromatic rings. The molecule has 35 heavy (non-hydrogen) atoms. The summed E-state index contributed by atoms with van der Waals surface area (Å²) >= 11 is 1.42. The van der Waals surface area contributed by atoms with E-state index >= 15 is 0 Å². The van der Waals surface area contributed by atoms with Gasteiger partial charge in [0.25, 0.3) is 0 Å². The molecule has 1 saturated heterocycles. The van der Waals surface area contributed by atoms with Crippen LogP contribution in [0, 0.1) is 12.7 Å². The van der Waals surface area contributed by atoms with Crippen LogP contribution in [-0.4, -0.2) is 41.5 Å². The second-order valence-electron chi connectivity index (χ2n) is 8.80. The summed E-state index contributed by atoms with van der Waals surface area (Å²) in [4.78, 5) is 16.8. The van der Waals surface area contributed by atoms with Crippen LogP contribution in [-0.2, 0) is 0 Å². The Bertz CT molecular complexity index is 1360. The maximum absolute atomic E-state index is 13.9. The molecule has 5 rings (SSSR count). The standard InChI is InChI=1S/C28H26FNO3S.ClH/c1-3-12-30-15-22(16-30)33-21-8-4-18(5-9-21)27(32)26-23-10-7-20(31)14-25(23)34-28(26)19-6-11-24(29)17(2)13-19;/h4-11,13-14,22,31H,3,12,15-16H2,1-2H3;1H. The number of halogens is 2. The second-order valence-corrected chi connectivity index (χ2v) is 9.86. The molecule has 1 N–H and O–H groups in total. The number of hydrogen-bond donors (Lipinski definition) is 1. The molecule has 0 spiro atoms. The van der Waals surface area contributed by atoms with Crippen LogP contribution in [0.5, 0.6) is 11.5 Å². The third-order valence-corrected chi connectivity index (χ3v) is 7.41. The summed E-state index contributed by atoms with van der Waals surface area (Å²) < 4.78 is 20.7. The molecule has 0 aliphatic carbocycles. The summed E-state index contributed by atoms with van der Waals surface area (Å²) in [5, 5.41) is 10.7. The molecular weight excluding hydrogens is 485 g/mol. The van der Waals surface area contributed by atoms with Crippen LogP contribution in [0.25, 0.3) is 20.5 Å². The van der Waals surface area contributed by atoms with Gasteiger partial charge in [-0.15, -0.1) is 23.7 Å². The molecular formula is C28H27ClFNO3S. The van der Waals surface area contributed by atoms with Gasteiger partial charge < -0.3 is 9.84 Å². The number of carbonyl (C=O) groups is 1.